The van der Waals surface area contributed by atoms with Crippen LogP contribution >= 0.6 is 11.6 Å². The van der Waals surface area contributed by atoms with Crippen LogP contribution in [0.25, 0.3) is 6.08 Å². The standard InChI is InChI=1S/C18H12ClFO5/c1-23-17(21)9-24-10-5-6-11-15(7-10)25-16(18(11)22)8-12-13(19)3-2-4-14(12)20/h2-8H,9H2,1H3. The van der Waals surface area contributed by atoms with Crippen molar-refractivity contribution >= 4 is 29.4 Å². The molecule has 7 heteroatoms. The Balaban J connectivity index is 1.86. The van der Waals surface area contributed by atoms with Crippen LogP contribution < -0.4 is 9.47 Å². The van der Waals surface area contributed by atoms with Crippen LogP contribution in [0.5, 0.6) is 11.5 Å². The van der Waals surface area contributed by atoms with Gasteiger partial charge in [0.2, 0.25) is 5.78 Å². The normalized spacial score (nSPS) is 14.2. The van der Waals surface area contributed by atoms with Gasteiger partial charge in [-0.3, -0.25) is 4.79 Å². The number of Topliss-reactive ketones (excluding diaryl/α,β-unsaturated/α-hetero) is 1. The summed E-state index contributed by atoms with van der Waals surface area (Å²) in [6, 6.07) is 8.73. The van der Waals surface area contributed by atoms with Crippen LogP contribution in [0.2, 0.25) is 5.02 Å². The van der Waals surface area contributed by atoms with Gasteiger partial charge in [-0.2, -0.15) is 0 Å². The first kappa shape index (κ1) is 17.0. The Bertz CT molecular complexity index is 871. The van der Waals surface area contributed by atoms with E-state index in [0.29, 0.717) is 11.3 Å². The molecule has 0 unspecified atom stereocenters. The van der Waals surface area contributed by atoms with Crippen molar-refractivity contribution in [2.45, 2.75) is 0 Å². The number of fused-ring (bicyclic) bond motifs is 1. The van der Waals surface area contributed by atoms with Crippen molar-refractivity contribution in [3.8, 4) is 11.5 Å². The van der Waals surface area contributed by atoms with E-state index >= 15 is 0 Å². The average Bonchev–Trinajstić information content (AvgIpc) is 2.91. The minimum Gasteiger partial charge on any atom is -0.482 e. The molecule has 3 rings (SSSR count). The average molecular weight is 363 g/mol. The number of esters is 1. The minimum atomic E-state index is -0.561. The van der Waals surface area contributed by atoms with E-state index in [-0.39, 0.29) is 28.7 Å². The Morgan fingerprint density at radius 2 is 2.12 bits per heavy atom. The molecule has 0 atom stereocenters. The van der Waals surface area contributed by atoms with Crippen molar-refractivity contribution in [1.82, 2.24) is 0 Å². The van der Waals surface area contributed by atoms with E-state index in [1.807, 2.05) is 0 Å². The van der Waals surface area contributed by atoms with E-state index in [1.165, 1.54) is 49.6 Å². The fraction of sp³-hybridized carbons (Fsp3) is 0.111. The molecule has 0 N–H and O–H groups in total. The highest BCUT2D eigenvalue weighted by molar-refractivity contribution is 6.32. The highest BCUT2D eigenvalue weighted by Gasteiger charge is 2.28. The van der Waals surface area contributed by atoms with Crippen molar-refractivity contribution in [2.75, 3.05) is 13.7 Å². The molecule has 0 aromatic heterocycles. The molecule has 0 saturated carbocycles. The molecule has 0 amide bonds. The molecule has 0 aliphatic carbocycles. The number of allylic oxidation sites excluding steroid dienone is 1. The fourth-order valence-corrected chi connectivity index (χ4v) is 2.46. The summed E-state index contributed by atoms with van der Waals surface area (Å²) in [7, 11) is 1.25. The van der Waals surface area contributed by atoms with Gasteiger partial charge in [-0.25, -0.2) is 9.18 Å². The summed E-state index contributed by atoms with van der Waals surface area (Å²) < 4.78 is 29.1. The van der Waals surface area contributed by atoms with Gasteiger partial charge in [0.1, 0.15) is 17.3 Å². The maximum absolute atomic E-state index is 13.9. The third-order valence-corrected chi connectivity index (χ3v) is 3.83. The molecular weight excluding hydrogens is 351 g/mol. The number of hydrogen-bond donors (Lipinski definition) is 0. The number of carbonyl (C=O) groups is 2. The number of hydrogen-bond acceptors (Lipinski definition) is 5. The Hall–Kier alpha value is -2.86. The maximum Gasteiger partial charge on any atom is 0.343 e. The number of ether oxygens (including phenoxy) is 3. The number of methoxy groups -OCH3 is 1. The van der Waals surface area contributed by atoms with Crippen LogP contribution in [0.15, 0.2) is 42.2 Å². The predicted molar refractivity (Wildman–Crippen MR) is 88.3 cm³/mol. The molecule has 1 heterocycles. The lowest BCUT2D eigenvalue weighted by molar-refractivity contribution is -0.142. The zero-order valence-electron chi connectivity index (χ0n) is 13.0. The van der Waals surface area contributed by atoms with Gasteiger partial charge in [0.25, 0.3) is 0 Å². The first-order valence-corrected chi connectivity index (χ1v) is 7.59. The zero-order chi connectivity index (χ0) is 18.0. The Labute approximate surface area is 147 Å². The van der Waals surface area contributed by atoms with Gasteiger partial charge in [0.15, 0.2) is 12.4 Å². The van der Waals surface area contributed by atoms with Gasteiger partial charge < -0.3 is 14.2 Å². The van der Waals surface area contributed by atoms with Crippen LogP contribution in [-0.2, 0) is 9.53 Å². The van der Waals surface area contributed by atoms with Crippen LogP contribution in [0, 0.1) is 5.82 Å². The molecule has 5 nitrogen and oxygen atoms in total. The van der Waals surface area contributed by atoms with Crippen molar-refractivity contribution in [2.24, 2.45) is 0 Å². The molecule has 0 fully saturated rings. The largest absolute Gasteiger partial charge is 0.482 e. The summed E-state index contributed by atoms with van der Waals surface area (Å²) >= 11 is 5.96. The number of ketones is 1. The van der Waals surface area contributed by atoms with Crippen molar-refractivity contribution in [3.63, 3.8) is 0 Å². The second-order valence-electron chi connectivity index (χ2n) is 5.10. The SMILES string of the molecule is COC(=O)COc1ccc2c(c1)OC(=Cc1c(F)cccc1Cl)C2=O. The van der Waals surface area contributed by atoms with E-state index in [0.717, 1.165) is 0 Å². The van der Waals surface area contributed by atoms with Gasteiger partial charge in [0, 0.05) is 11.6 Å². The molecule has 0 bridgehead atoms. The predicted octanol–water partition coefficient (Wildman–Crippen LogP) is 3.65. The highest BCUT2D eigenvalue weighted by Crippen LogP contribution is 2.35. The summed E-state index contributed by atoms with van der Waals surface area (Å²) in [6.07, 6.45) is 1.26. The van der Waals surface area contributed by atoms with Gasteiger partial charge >= 0.3 is 5.97 Å². The van der Waals surface area contributed by atoms with Crippen LogP contribution in [-0.4, -0.2) is 25.5 Å². The van der Waals surface area contributed by atoms with E-state index < -0.39 is 17.6 Å². The number of carbonyl (C=O) groups excluding carboxylic acids is 2. The molecule has 0 radical (unpaired) electrons. The minimum absolute atomic E-state index is 0.0490. The first-order chi connectivity index (χ1) is 12.0. The Morgan fingerprint density at radius 3 is 2.84 bits per heavy atom. The maximum atomic E-state index is 13.9. The first-order valence-electron chi connectivity index (χ1n) is 7.21. The molecule has 1 aliphatic heterocycles. The van der Waals surface area contributed by atoms with E-state index in [2.05, 4.69) is 4.74 Å². The quantitative estimate of drug-likeness (QED) is 0.613. The monoisotopic (exact) mass is 362 g/mol. The lowest BCUT2D eigenvalue weighted by atomic mass is 10.1. The summed E-state index contributed by atoms with van der Waals surface area (Å²) in [4.78, 5) is 23.5. The lowest BCUT2D eigenvalue weighted by Crippen LogP contribution is -2.12. The molecule has 0 spiro atoms. The van der Waals surface area contributed by atoms with Gasteiger partial charge in [-0.1, -0.05) is 17.7 Å². The molecule has 0 saturated heterocycles. The smallest absolute Gasteiger partial charge is 0.343 e. The fourth-order valence-electron chi connectivity index (χ4n) is 2.24. The van der Waals surface area contributed by atoms with E-state index in [4.69, 9.17) is 21.1 Å². The molecule has 2 aromatic rings. The van der Waals surface area contributed by atoms with Gasteiger partial charge in [-0.15, -0.1) is 0 Å². The summed E-state index contributed by atoms with van der Waals surface area (Å²) in [5, 5.41) is 0.168. The van der Waals surface area contributed by atoms with E-state index in [9.17, 15) is 14.0 Å². The molecule has 1 aliphatic rings. The van der Waals surface area contributed by atoms with Crippen molar-refractivity contribution < 1.29 is 28.2 Å². The second kappa shape index (κ2) is 6.94. The Morgan fingerprint density at radius 1 is 1.32 bits per heavy atom. The summed E-state index contributed by atoms with van der Waals surface area (Å²) in [5.41, 5.74) is 0.381. The molecule has 25 heavy (non-hydrogen) atoms. The zero-order valence-corrected chi connectivity index (χ0v) is 13.8. The number of benzene rings is 2. The van der Waals surface area contributed by atoms with Gasteiger partial charge in [-0.05, 0) is 30.3 Å². The second-order valence-corrected chi connectivity index (χ2v) is 5.51. The van der Waals surface area contributed by atoms with Crippen LogP contribution in [0.1, 0.15) is 15.9 Å². The summed E-state index contributed by atoms with van der Waals surface area (Å²) in [5.74, 6) is -0.948. The van der Waals surface area contributed by atoms with Crippen molar-refractivity contribution in [1.29, 1.82) is 0 Å². The molecule has 2 aromatic carbocycles. The lowest BCUT2D eigenvalue weighted by Gasteiger charge is -2.05. The number of halogens is 2. The highest BCUT2D eigenvalue weighted by atomic mass is 35.5. The number of rotatable bonds is 4. The topological polar surface area (TPSA) is 61.8 Å². The van der Waals surface area contributed by atoms with E-state index in [1.54, 1.807) is 0 Å². The van der Waals surface area contributed by atoms with Crippen LogP contribution in [0.4, 0.5) is 4.39 Å². The Kier molecular flexibility index (Phi) is 4.72. The van der Waals surface area contributed by atoms with Crippen molar-refractivity contribution in [3.05, 3.63) is 64.1 Å². The molecular formula is C18H12ClFO5. The third-order valence-electron chi connectivity index (χ3n) is 3.50. The summed E-state index contributed by atoms with van der Waals surface area (Å²) in [6.45, 7) is -0.267. The van der Waals surface area contributed by atoms with Gasteiger partial charge in [0.05, 0.1) is 17.7 Å². The molecule has 128 valence electrons. The third kappa shape index (κ3) is 3.49. The van der Waals surface area contributed by atoms with Crippen LogP contribution in [0.3, 0.4) is 0 Å².